The number of primary amides is 1. The molecule has 2 aromatic rings. The molecule has 0 saturated carbocycles. The number of amides is 2. The van der Waals surface area contributed by atoms with Crippen molar-refractivity contribution in [3.05, 3.63) is 59.7 Å². The Morgan fingerprint density at radius 3 is 2.39 bits per heavy atom. The first-order valence-corrected chi connectivity index (χ1v) is 9.74. The maximum atomic E-state index is 12.7. The van der Waals surface area contributed by atoms with E-state index in [1.165, 1.54) is 0 Å². The molecule has 0 aliphatic carbocycles. The normalized spacial score (nSPS) is 25.9. The van der Waals surface area contributed by atoms with Gasteiger partial charge in [-0.3, -0.25) is 14.5 Å². The molecule has 3 fully saturated rings. The lowest BCUT2D eigenvalue weighted by Gasteiger charge is -2.49. The second kappa shape index (κ2) is 7.64. The number of hydrogen-bond donors (Lipinski definition) is 2. The van der Waals surface area contributed by atoms with Crippen LogP contribution in [0.2, 0.25) is 0 Å². The molecule has 0 spiro atoms. The van der Waals surface area contributed by atoms with Gasteiger partial charge < -0.3 is 15.8 Å². The number of para-hydroxylation sites is 1. The Kier molecular flexibility index (Phi) is 5.05. The van der Waals surface area contributed by atoms with Crippen LogP contribution in [-0.4, -0.2) is 41.9 Å². The monoisotopic (exact) mass is 379 g/mol. The molecule has 28 heavy (non-hydrogen) atoms. The van der Waals surface area contributed by atoms with Gasteiger partial charge in [0.05, 0.1) is 5.56 Å². The summed E-state index contributed by atoms with van der Waals surface area (Å²) in [6.07, 6.45) is 2.31. The highest BCUT2D eigenvalue weighted by molar-refractivity contribution is 5.96. The lowest BCUT2D eigenvalue weighted by atomic mass is 9.79. The first-order valence-electron chi connectivity index (χ1n) is 9.74. The van der Waals surface area contributed by atoms with E-state index < -0.39 is 5.91 Å². The second-order valence-corrected chi connectivity index (χ2v) is 7.60. The van der Waals surface area contributed by atoms with Crippen LogP contribution >= 0.6 is 0 Å². The van der Waals surface area contributed by atoms with Gasteiger partial charge in [-0.1, -0.05) is 12.1 Å². The SMILES string of the molecule is CC1C(NC(=O)c2ccc(Oc3ccccc3C(N)=O)cc2)C2CCN1CC2. The minimum absolute atomic E-state index is 0.0605. The molecule has 2 atom stereocenters. The molecule has 6 nitrogen and oxygen atoms in total. The summed E-state index contributed by atoms with van der Waals surface area (Å²) in [6, 6.07) is 14.3. The van der Waals surface area contributed by atoms with Crippen molar-refractivity contribution in [1.29, 1.82) is 0 Å². The molecule has 3 saturated heterocycles. The second-order valence-electron chi connectivity index (χ2n) is 7.60. The molecule has 2 aromatic carbocycles. The highest BCUT2D eigenvalue weighted by Gasteiger charge is 2.40. The number of fused-ring (bicyclic) bond motifs is 3. The summed E-state index contributed by atoms with van der Waals surface area (Å²) in [7, 11) is 0. The maximum Gasteiger partial charge on any atom is 0.252 e. The predicted octanol–water partition coefficient (Wildman–Crippen LogP) is 2.79. The van der Waals surface area contributed by atoms with Gasteiger partial charge in [-0.15, -0.1) is 0 Å². The topological polar surface area (TPSA) is 84.7 Å². The minimum atomic E-state index is -0.543. The van der Waals surface area contributed by atoms with Crippen LogP contribution in [0.3, 0.4) is 0 Å². The van der Waals surface area contributed by atoms with Crippen LogP contribution in [-0.2, 0) is 0 Å². The Morgan fingerprint density at radius 2 is 1.75 bits per heavy atom. The molecule has 0 aromatic heterocycles. The Balaban J connectivity index is 1.43. The van der Waals surface area contributed by atoms with Crippen LogP contribution in [0, 0.1) is 5.92 Å². The fourth-order valence-corrected chi connectivity index (χ4v) is 4.34. The Morgan fingerprint density at radius 1 is 1.07 bits per heavy atom. The third kappa shape index (κ3) is 3.60. The first-order chi connectivity index (χ1) is 13.5. The zero-order valence-corrected chi connectivity index (χ0v) is 15.9. The number of piperidine rings is 3. The molecule has 6 heteroatoms. The third-order valence-electron chi connectivity index (χ3n) is 5.97. The van der Waals surface area contributed by atoms with E-state index in [4.69, 9.17) is 10.5 Å². The van der Waals surface area contributed by atoms with Crippen molar-refractivity contribution in [1.82, 2.24) is 10.2 Å². The van der Waals surface area contributed by atoms with E-state index in [1.807, 2.05) is 0 Å². The summed E-state index contributed by atoms with van der Waals surface area (Å²) < 4.78 is 5.77. The quantitative estimate of drug-likeness (QED) is 0.837. The fraction of sp³-hybridized carbons (Fsp3) is 0.364. The summed E-state index contributed by atoms with van der Waals surface area (Å²) in [5.41, 5.74) is 6.30. The molecule has 2 unspecified atom stereocenters. The summed E-state index contributed by atoms with van der Waals surface area (Å²) in [5.74, 6) is 0.902. The van der Waals surface area contributed by atoms with Gasteiger partial charge in [0.15, 0.2) is 0 Å². The van der Waals surface area contributed by atoms with E-state index in [-0.39, 0.29) is 11.9 Å². The Hall–Kier alpha value is -2.86. The highest BCUT2D eigenvalue weighted by Crippen LogP contribution is 2.32. The summed E-state index contributed by atoms with van der Waals surface area (Å²) >= 11 is 0. The Bertz CT molecular complexity index is 871. The van der Waals surface area contributed by atoms with Gasteiger partial charge in [-0.2, -0.15) is 0 Å². The molecule has 146 valence electrons. The average Bonchev–Trinajstić information content (AvgIpc) is 2.71. The number of nitrogens with one attached hydrogen (secondary N) is 1. The molecule has 0 radical (unpaired) electrons. The van der Waals surface area contributed by atoms with Gasteiger partial charge in [0.1, 0.15) is 11.5 Å². The number of hydrogen-bond acceptors (Lipinski definition) is 4. The first kappa shape index (κ1) is 18.5. The number of nitrogens with zero attached hydrogens (tertiary/aromatic N) is 1. The molecule has 3 N–H and O–H groups in total. The molecule has 3 aliphatic rings. The number of carbonyl (C=O) groups excluding carboxylic acids is 2. The van der Waals surface area contributed by atoms with Crippen molar-refractivity contribution in [2.45, 2.75) is 31.8 Å². The van der Waals surface area contributed by atoms with Crippen molar-refractivity contribution < 1.29 is 14.3 Å². The third-order valence-corrected chi connectivity index (χ3v) is 5.97. The van der Waals surface area contributed by atoms with Gasteiger partial charge in [0.25, 0.3) is 11.8 Å². The van der Waals surface area contributed by atoms with Crippen LogP contribution in [0.4, 0.5) is 0 Å². The van der Waals surface area contributed by atoms with Crippen LogP contribution in [0.15, 0.2) is 48.5 Å². The van der Waals surface area contributed by atoms with Gasteiger partial charge >= 0.3 is 0 Å². The van der Waals surface area contributed by atoms with Crippen LogP contribution in [0.25, 0.3) is 0 Å². The number of rotatable bonds is 5. The molecule has 2 bridgehead atoms. The zero-order valence-electron chi connectivity index (χ0n) is 15.9. The summed E-state index contributed by atoms with van der Waals surface area (Å²) in [5, 5.41) is 3.23. The summed E-state index contributed by atoms with van der Waals surface area (Å²) in [4.78, 5) is 26.7. The van der Waals surface area contributed by atoms with E-state index in [2.05, 4.69) is 17.1 Å². The highest BCUT2D eigenvalue weighted by atomic mass is 16.5. The molecule has 3 aliphatic heterocycles. The maximum absolute atomic E-state index is 12.7. The smallest absolute Gasteiger partial charge is 0.252 e. The van der Waals surface area contributed by atoms with E-state index in [0.717, 1.165) is 25.9 Å². The van der Waals surface area contributed by atoms with Gasteiger partial charge in [-0.25, -0.2) is 0 Å². The fourth-order valence-electron chi connectivity index (χ4n) is 4.34. The zero-order chi connectivity index (χ0) is 19.7. The molecule has 2 amide bonds. The van der Waals surface area contributed by atoms with Crippen LogP contribution in [0.1, 0.15) is 40.5 Å². The van der Waals surface area contributed by atoms with Crippen LogP contribution < -0.4 is 15.8 Å². The minimum Gasteiger partial charge on any atom is -0.457 e. The van der Waals surface area contributed by atoms with E-state index in [9.17, 15) is 9.59 Å². The van der Waals surface area contributed by atoms with E-state index in [0.29, 0.717) is 34.6 Å². The largest absolute Gasteiger partial charge is 0.457 e. The number of ether oxygens (including phenoxy) is 1. The lowest BCUT2D eigenvalue weighted by molar-refractivity contribution is 0.0217. The predicted molar refractivity (Wildman–Crippen MR) is 106 cm³/mol. The van der Waals surface area contributed by atoms with Crippen molar-refractivity contribution in [2.24, 2.45) is 11.7 Å². The molecule has 5 rings (SSSR count). The number of carbonyl (C=O) groups is 2. The van der Waals surface area contributed by atoms with Crippen molar-refractivity contribution in [3.8, 4) is 11.5 Å². The molecular weight excluding hydrogens is 354 g/mol. The Labute approximate surface area is 164 Å². The summed E-state index contributed by atoms with van der Waals surface area (Å²) in [6.45, 7) is 4.47. The molecule has 3 heterocycles. The van der Waals surface area contributed by atoms with Crippen molar-refractivity contribution >= 4 is 11.8 Å². The average molecular weight is 379 g/mol. The van der Waals surface area contributed by atoms with Crippen molar-refractivity contribution in [2.75, 3.05) is 13.1 Å². The lowest BCUT2D eigenvalue weighted by Crippen LogP contribution is -2.62. The van der Waals surface area contributed by atoms with Crippen molar-refractivity contribution in [3.63, 3.8) is 0 Å². The standard InChI is InChI=1S/C22H25N3O3/c1-14-20(15-10-12-25(14)13-11-15)24-22(27)16-6-8-17(9-7-16)28-19-5-3-2-4-18(19)21(23)26/h2-9,14-15,20H,10-13H2,1H3,(H2,23,26)(H,24,27). The molecular formula is C22H25N3O3. The van der Waals surface area contributed by atoms with Gasteiger partial charge in [-0.05, 0) is 75.2 Å². The van der Waals surface area contributed by atoms with Gasteiger partial charge in [0, 0.05) is 17.6 Å². The number of nitrogens with two attached hydrogens (primary N) is 1. The van der Waals surface area contributed by atoms with Gasteiger partial charge in [0.2, 0.25) is 0 Å². The van der Waals surface area contributed by atoms with E-state index >= 15 is 0 Å². The van der Waals surface area contributed by atoms with Crippen LogP contribution in [0.5, 0.6) is 11.5 Å². The van der Waals surface area contributed by atoms with E-state index in [1.54, 1.807) is 48.5 Å². The number of benzene rings is 2.